The molecule has 0 fully saturated rings. The number of hydrogen-bond acceptors (Lipinski definition) is 6. The first-order valence-corrected chi connectivity index (χ1v) is 6.66. The quantitative estimate of drug-likeness (QED) is 0.769. The van der Waals surface area contributed by atoms with Gasteiger partial charge in [-0.1, -0.05) is 0 Å². The van der Waals surface area contributed by atoms with Crippen LogP contribution in [0.15, 0.2) is 23.6 Å². The molecule has 1 aromatic carbocycles. The maximum Gasteiger partial charge on any atom is 0.231 e. The molecule has 0 aliphatic carbocycles. The van der Waals surface area contributed by atoms with E-state index < -0.39 is 0 Å². The number of aromatic nitrogens is 3. The minimum absolute atomic E-state index is 0.276. The summed E-state index contributed by atoms with van der Waals surface area (Å²) >= 11 is 1.54. The van der Waals surface area contributed by atoms with Gasteiger partial charge in [-0.05, 0) is 18.2 Å². The van der Waals surface area contributed by atoms with E-state index in [0.717, 1.165) is 33.5 Å². The molecule has 0 radical (unpaired) electrons. The maximum atomic E-state index is 5.69. The lowest BCUT2D eigenvalue weighted by Gasteiger charge is -2.03. The second-order valence-electron chi connectivity index (χ2n) is 4.13. The number of fused-ring (bicyclic) bond motifs is 2. The predicted octanol–water partition coefficient (Wildman–Crippen LogP) is 1.65. The average Bonchev–Trinajstić information content (AvgIpc) is 3.13. The van der Waals surface area contributed by atoms with E-state index in [1.54, 1.807) is 0 Å². The van der Waals surface area contributed by atoms with Crippen molar-refractivity contribution in [3.8, 4) is 22.8 Å². The lowest BCUT2D eigenvalue weighted by atomic mass is 10.1. The number of nitrogens with zero attached hydrogens (tertiary/aromatic N) is 3. The smallest absolute Gasteiger partial charge is 0.231 e. The zero-order chi connectivity index (χ0) is 12.8. The Kier molecular flexibility index (Phi) is 2.23. The van der Waals surface area contributed by atoms with Gasteiger partial charge in [0, 0.05) is 10.9 Å². The standard InChI is InChI=1S/C12H10N4O2S/c13-4-11-14-15-12-16(11)8(5-19-12)7-1-2-9-10(3-7)18-6-17-9/h1-3,5H,4,6,13H2. The molecule has 1 aliphatic heterocycles. The van der Waals surface area contributed by atoms with Crippen molar-refractivity contribution in [3.63, 3.8) is 0 Å². The van der Waals surface area contributed by atoms with E-state index in [1.165, 1.54) is 11.3 Å². The van der Waals surface area contributed by atoms with E-state index in [4.69, 9.17) is 15.2 Å². The summed E-state index contributed by atoms with van der Waals surface area (Å²) in [6, 6.07) is 5.87. The minimum Gasteiger partial charge on any atom is -0.454 e. The van der Waals surface area contributed by atoms with Gasteiger partial charge in [0.05, 0.1) is 12.2 Å². The molecule has 4 rings (SSSR count). The average molecular weight is 274 g/mol. The number of hydrogen-bond donors (Lipinski definition) is 1. The molecule has 0 spiro atoms. The molecule has 0 saturated heterocycles. The number of benzene rings is 1. The highest BCUT2D eigenvalue weighted by atomic mass is 32.1. The van der Waals surface area contributed by atoms with Crippen LogP contribution in [-0.2, 0) is 6.54 Å². The van der Waals surface area contributed by atoms with Crippen molar-refractivity contribution in [1.29, 1.82) is 0 Å². The van der Waals surface area contributed by atoms with Gasteiger partial charge in [-0.15, -0.1) is 21.5 Å². The van der Waals surface area contributed by atoms with Crippen LogP contribution in [0.4, 0.5) is 0 Å². The van der Waals surface area contributed by atoms with E-state index in [0.29, 0.717) is 6.54 Å². The first kappa shape index (κ1) is 10.8. The summed E-state index contributed by atoms with van der Waals surface area (Å²) in [6.07, 6.45) is 0. The second kappa shape index (κ2) is 3.94. The van der Waals surface area contributed by atoms with Gasteiger partial charge in [-0.3, -0.25) is 4.40 Å². The topological polar surface area (TPSA) is 74.7 Å². The Balaban J connectivity index is 1.92. The Labute approximate surface area is 112 Å². The molecule has 0 bridgehead atoms. The number of thiazole rings is 1. The Morgan fingerprint density at radius 1 is 1.26 bits per heavy atom. The van der Waals surface area contributed by atoms with Crippen LogP contribution in [0.1, 0.15) is 5.82 Å². The Bertz CT molecular complexity index is 764. The monoisotopic (exact) mass is 274 g/mol. The fourth-order valence-corrected chi connectivity index (χ4v) is 3.02. The zero-order valence-corrected chi connectivity index (χ0v) is 10.7. The van der Waals surface area contributed by atoms with Crippen molar-refractivity contribution in [1.82, 2.24) is 14.6 Å². The summed E-state index contributed by atoms with van der Waals surface area (Å²) in [4.78, 5) is 0.841. The van der Waals surface area contributed by atoms with E-state index in [1.807, 2.05) is 28.0 Å². The van der Waals surface area contributed by atoms with E-state index in [-0.39, 0.29) is 6.79 Å². The van der Waals surface area contributed by atoms with Crippen molar-refractivity contribution >= 4 is 16.3 Å². The lowest BCUT2D eigenvalue weighted by molar-refractivity contribution is 0.174. The van der Waals surface area contributed by atoms with Gasteiger partial charge in [0.15, 0.2) is 17.3 Å². The molecular weight excluding hydrogens is 264 g/mol. The lowest BCUT2D eigenvalue weighted by Crippen LogP contribution is -2.02. The highest BCUT2D eigenvalue weighted by Gasteiger charge is 2.17. The molecule has 3 heterocycles. The van der Waals surface area contributed by atoms with Crippen molar-refractivity contribution < 1.29 is 9.47 Å². The molecule has 3 aromatic rings. The predicted molar refractivity (Wildman–Crippen MR) is 70.3 cm³/mol. The summed E-state index contributed by atoms with van der Waals surface area (Å²) in [6.45, 7) is 0.633. The van der Waals surface area contributed by atoms with Crippen LogP contribution in [0.3, 0.4) is 0 Å². The maximum absolute atomic E-state index is 5.69. The van der Waals surface area contributed by atoms with Gasteiger partial charge < -0.3 is 15.2 Å². The van der Waals surface area contributed by atoms with Crippen LogP contribution in [0.5, 0.6) is 11.5 Å². The first-order chi connectivity index (χ1) is 9.36. The normalized spacial score (nSPS) is 13.3. The molecular formula is C12H10N4O2S. The number of nitrogens with two attached hydrogens (primary N) is 1. The summed E-state index contributed by atoms with van der Waals surface area (Å²) < 4.78 is 12.7. The van der Waals surface area contributed by atoms with Gasteiger partial charge in [-0.25, -0.2) is 0 Å². The zero-order valence-electron chi connectivity index (χ0n) is 9.87. The molecule has 2 aromatic heterocycles. The number of ether oxygens (including phenoxy) is 2. The van der Waals surface area contributed by atoms with E-state index in [9.17, 15) is 0 Å². The van der Waals surface area contributed by atoms with Gasteiger partial charge in [0.2, 0.25) is 11.8 Å². The van der Waals surface area contributed by atoms with Crippen LogP contribution in [0.2, 0.25) is 0 Å². The molecule has 1 aliphatic rings. The van der Waals surface area contributed by atoms with Crippen LogP contribution in [0, 0.1) is 0 Å². The SMILES string of the molecule is NCc1nnc2scc(-c3ccc4c(c3)OCO4)n12. The summed E-state index contributed by atoms with van der Waals surface area (Å²) in [5.41, 5.74) is 7.74. The Morgan fingerprint density at radius 2 is 2.16 bits per heavy atom. The second-order valence-corrected chi connectivity index (χ2v) is 4.96. The number of rotatable bonds is 2. The fraction of sp³-hybridized carbons (Fsp3) is 0.167. The van der Waals surface area contributed by atoms with Gasteiger partial charge in [-0.2, -0.15) is 0 Å². The van der Waals surface area contributed by atoms with Crippen molar-refractivity contribution in [3.05, 3.63) is 29.4 Å². The molecule has 0 saturated carbocycles. The third-order valence-electron chi connectivity index (χ3n) is 3.07. The first-order valence-electron chi connectivity index (χ1n) is 5.78. The molecule has 6 nitrogen and oxygen atoms in total. The minimum atomic E-state index is 0.276. The third-order valence-corrected chi connectivity index (χ3v) is 3.88. The van der Waals surface area contributed by atoms with Crippen LogP contribution in [0.25, 0.3) is 16.2 Å². The van der Waals surface area contributed by atoms with Crippen molar-refractivity contribution in [2.24, 2.45) is 5.73 Å². The van der Waals surface area contributed by atoms with Crippen LogP contribution < -0.4 is 15.2 Å². The fourth-order valence-electron chi connectivity index (χ4n) is 2.17. The molecule has 7 heteroatoms. The van der Waals surface area contributed by atoms with Crippen LogP contribution in [-0.4, -0.2) is 21.4 Å². The van der Waals surface area contributed by atoms with E-state index in [2.05, 4.69) is 10.2 Å². The largest absolute Gasteiger partial charge is 0.454 e. The Morgan fingerprint density at radius 3 is 3.05 bits per heavy atom. The molecule has 19 heavy (non-hydrogen) atoms. The highest BCUT2D eigenvalue weighted by Crippen LogP contribution is 2.37. The van der Waals surface area contributed by atoms with Gasteiger partial charge in [0.25, 0.3) is 0 Å². The molecule has 0 atom stereocenters. The van der Waals surface area contributed by atoms with Crippen molar-refractivity contribution in [2.45, 2.75) is 6.54 Å². The summed E-state index contributed by atoms with van der Waals surface area (Å²) in [7, 11) is 0. The Hall–Kier alpha value is -2.12. The molecule has 0 unspecified atom stereocenters. The molecule has 0 amide bonds. The molecule has 2 N–H and O–H groups in total. The molecule has 96 valence electrons. The summed E-state index contributed by atoms with van der Waals surface area (Å²) in [5, 5.41) is 10.2. The summed E-state index contributed by atoms with van der Waals surface area (Å²) in [5.74, 6) is 2.29. The third kappa shape index (κ3) is 1.52. The van der Waals surface area contributed by atoms with Crippen LogP contribution >= 0.6 is 11.3 Å². The van der Waals surface area contributed by atoms with E-state index >= 15 is 0 Å². The van der Waals surface area contributed by atoms with Gasteiger partial charge >= 0.3 is 0 Å². The highest BCUT2D eigenvalue weighted by molar-refractivity contribution is 7.15. The van der Waals surface area contributed by atoms with Gasteiger partial charge in [0.1, 0.15) is 0 Å². The van der Waals surface area contributed by atoms with Crippen molar-refractivity contribution in [2.75, 3.05) is 6.79 Å².